The van der Waals surface area contributed by atoms with E-state index in [2.05, 4.69) is 27.2 Å². The molecule has 0 aliphatic heterocycles. The summed E-state index contributed by atoms with van der Waals surface area (Å²) in [4.78, 5) is 17.7. The summed E-state index contributed by atoms with van der Waals surface area (Å²) in [5.74, 6) is 0.755. The van der Waals surface area contributed by atoms with Crippen LogP contribution in [0, 0.1) is 0 Å². The van der Waals surface area contributed by atoms with Crippen LogP contribution in [0.2, 0.25) is 0 Å². The highest BCUT2D eigenvalue weighted by Crippen LogP contribution is 2.11. The van der Waals surface area contributed by atoms with Gasteiger partial charge in [0.1, 0.15) is 13.1 Å². The lowest BCUT2D eigenvalue weighted by Gasteiger charge is -2.16. The predicted octanol–water partition coefficient (Wildman–Crippen LogP) is 3.52. The molecule has 0 bridgehead atoms. The van der Waals surface area contributed by atoms with Gasteiger partial charge in [-0.2, -0.15) is 9.97 Å². The molecule has 0 amide bonds. The summed E-state index contributed by atoms with van der Waals surface area (Å²) in [7, 11) is 1.77. The molecule has 1 heterocycles. The highest BCUT2D eigenvalue weighted by atomic mass is 16.7. The Morgan fingerprint density at radius 3 is 2.25 bits per heavy atom. The lowest BCUT2D eigenvalue weighted by atomic mass is 10.1. The zero-order chi connectivity index (χ0) is 17.5. The van der Waals surface area contributed by atoms with Crippen LogP contribution in [0.3, 0.4) is 0 Å². The third-order valence-corrected chi connectivity index (χ3v) is 3.86. The quantitative estimate of drug-likeness (QED) is 0.287. The molecule has 24 heavy (non-hydrogen) atoms. The Morgan fingerprint density at radius 2 is 1.62 bits per heavy atom. The van der Waals surface area contributed by atoms with Gasteiger partial charge in [0.05, 0.1) is 6.61 Å². The van der Waals surface area contributed by atoms with Gasteiger partial charge in [-0.3, -0.25) is 4.84 Å². The van der Waals surface area contributed by atoms with E-state index in [4.69, 9.17) is 9.94 Å². The first kappa shape index (κ1) is 20.6. The second kappa shape index (κ2) is 13.9. The van der Waals surface area contributed by atoms with Crippen LogP contribution in [0.1, 0.15) is 71.1 Å². The SMILES string of the molecule is CCCCCCCCCCCCON(C)c1ncnc(NCO)n1. The summed E-state index contributed by atoms with van der Waals surface area (Å²) in [5.41, 5.74) is 0. The zero-order valence-electron chi connectivity index (χ0n) is 15.2. The van der Waals surface area contributed by atoms with Crippen molar-refractivity contribution in [2.75, 3.05) is 30.8 Å². The smallest absolute Gasteiger partial charge is 0.254 e. The van der Waals surface area contributed by atoms with Gasteiger partial charge < -0.3 is 10.4 Å². The number of nitrogens with zero attached hydrogens (tertiary/aromatic N) is 4. The van der Waals surface area contributed by atoms with Crippen molar-refractivity contribution in [2.45, 2.75) is 71.1 Å². The zero-order valence-corrected chi connectivity index (χ0v) is 15.2. The summed E-state index contributed by atoms with van der Waals surface area (Å²) in [5, 5.41) is 13.0. The molecule has 0 aromatic carbocycles. The molecule has 0 saturated heterocycles. The second-order valence-electron chi connectivity index (χ2n) is 5.96. The molecule has 0 saturated carbocycles. The summed E-state index contributed by atoms with van der Waals surface area (Å²) in [6.07, 6.45) is 14.4. The molecule has 0 atom stereocenters. The Hall–Kier alpha value is -1.47. The van der Waals surface area contributed by atoms with Crippen molar-refractivity contribution in [3.63, 3.8) is 0 Å². The van der Waals surface area contributed by atoms with Crippen molar-refractivity contribution in [2.24, 2.45) is 0 Å². The average molecular weight is 339 g/mol. The van der Waals surface area contributed by atoms with E-state index >= 15 is 0 Å². The normalized spacial score (nSPS) is 10.8. The number of hydrogen-bond acceptors (Lipinski definition) is 7. The lowest BCUT2D eigenvalue weighted by Crippen LogP contribution is -2.21. The highest BCUT2D eigenvalue weighted by molar-refractivity contribution is 5.32. The monoisotopic (exact) mass is 339 g/mol. The molecule has 1 aromatic rings. The first-order valence-corrected chi connectivity index (χ1v) is 9.18. The van der Waals surface area contributed by atoms with Crippen molar-refractivity contribution in [3.05, 3.63) is 6.33 Å². The Kier molecular flexibility index (Phi) is 11.9. The number of rotatable bonds is 15. The summed E-state index contributed by atoms with van der Waals surface area (Å²) in [6, 6.07) is 0. The number of hydroxylamine groups is 1. The van der Waals surface area contributed by atoms with Crippen LogP contribution < -0.4 is 10.4 Å². The maximum absolute atomic E-state index is 8.81. The summed E-state index contributed by atoms with van der Waals surface area (Å²) >= 11 is 0. The standard InChI is InChI=1S/C17H33N5O2/c1-3-4-5-6-7-8-9-10-11-12-13-24-22(2)17-19-14-18-16(21-17)20-15-23/h14,23H,3-13,15H2,1-2H3,(H,18,19,20,21). The van der Waals surface area contributed by atoms with Crippen LogP contribution in [0.5, 0.6) is 0 Å². The maximum atomic E-state index is 8.81. The van der Waals surface area contributed by atoms with E-state index in [0.717, 1.165) is 6.42 Å². The fraction of sp³-hybridized carbons (Fsp3) is 0.824. The lowest BCUT2D eigenvalue weighted by molar-refractivity contribution is 0.114. The van der Waals surface area contributed by atoms with Crippen molar-refractivity contribution >= 4 is 11.9 Å². The first-order valence-electron chi connectivity index (χ1n) is 9.18. The van der Waals surface area contributed by atoms with Gasteiger partial charge in [-0.25, -0.2) is 10.0 Å². The fourth-order valence-corrected chi connectivity index (χ4v) is 2.44. The first-order chi connectivity index (χ1) is 11.8. The number of aliphatic hydroxyl groups excluding tert-OH is 1. The van der Waals surface area contributed by atoms with Crippen molar-refractivity contribution in [1.82, 2.24) is 15.0 Å². The summed E-state index contributed by atoms with van der Waals surface area (Å²) < 4.78 is 0. The summed E-state index contributed by atoms with van der Waals surface area (Å²) in [6.45, 7) is 2.69. The minimum absolute atomic E-state index is 0.216. The highest BCUT2D eigenvalue weighted by Gasteiger charge is 2.06. The van der Waals surface area contributed by atoms with Gasteiger partial charge in [-0.15, -0.1) is 0 Å². The van der Waals surface area contributed by atoms with E-state index in [1.54, 1.807) is 7.05 Å². The third-order valence-electron chi connectivity index (χ3n) is 3.86. The molecular weight excluding hydrogens is 306 g/mol. The van der Waals surface area contributed by atoms with Crippen LogP contribution in [-0.2, 0) is 4.84 Å². The van der Waals surface area contributed by atoms with Crippen LogP contribution in [0.15, 0.2) is 6.33 Å². The number of nitrogens with one attached hydrogen (secondary N) is 1. The molecule has 7 nitrogen and oxygen atoms in total. The fourth-order valence-electron chi connectivity index (χ4n) is 2.44. The van der Waals surface area contributed by atoms with Gasteiger partial charge in [0.15, 0.2) is 0 Å². The van der Waals surface area contributed by atoms with Gasteiger partial charge in [-0.1, -0.05) is 64.7 Å². The largest absolute Gasteiger partial charge is 0.376 e. The molecule has 7 heteroatoms. The Morgan fingerprint density at radius 1 is 1.00 bits per heavy atom. The number of hydrogen-bond donors (Lipinski definition) is 2. The number of anilines is 2. The van der Waals surface area contributed by atoms with E-state index in [0.29, 0.717) is 18.5 Å². The Bertz CT molecular complexity index is 420. The second-order valence-corrected chi connectivity index (χ2v) is 5.96. The van der Waals surface area contributed by atoms with E-state index in [1.807, 2.05) is 0 Å². The van der Waals surface area contributed by atoms with Gasteiger partial charge in [0, 0.05) is 7.05 Å². The minimum Gasteiger partial charge on any atom is -0.376 e. The van der Waals surface area contributed by atoms with Crippen LogP contribution in [0.4, 0.5) is 11.9 Å². The molecule has 0 spiro atoms. The Labute approximate surface area is 145 Å². The van der Waals surface area contributed by atoms with Gasteiger partial charge >= 0.3 is 0 Å². The molecule has 0 aliphatic rings. The predicted molar refractivity (Wildman–Crippen MR) is 96.7 cm³/mol. The number of unbranched alkanes of at least 4 members (excludes halogenated alkanes) is 9. The number of aromatic nitrogens is 3. The van der Waals surface area contributed by atoms with E-state index in [-0.39, 0.29) is 6.73 Å². The third kappa shape index (κ3) is 9.62. The van der Waals surface area contributed by atoms with E-state index in [1.165, 1.54) is 69.2 Å². The molecule has 1 aromatic heterocycles. The van der Waals surface area contributed by atoms with Gasteiger partial charge in [0.25, 0.3) is 5.95 Å². The molecule has 138 valence electrons. The average Bonchev–Trinajstić information content (AvgIpc) is 2.60. The molecule has 2 N–H and O–H groups in total. The molecule has 0 aliphatic carbocycles. The minimum atomic E-state index is -0.216. The topological polar surface area (TPSA) is 83.4 Å². The van der Waals surface area contributed by atoms with Gasteiger partial charge in [-0.05, 0) is 6.42 Å². The molecule has 0 unspecified atom stereocenters. The van der Waals surface area contributed by atoms with Gasteiger partial charge in [0.2, 0.25) is 5.95 Å². The van der Waals surface area contributed by atoms with Crippen molar-refractivity contribution < 1.29 is 9.94 Å². The molecule has 0 fully saturated rings. The van der Waals surface area contributed by atoms with Crippen LogP contribution >= 0.6 is 0 Å². The molecule has 1 rings (SSSR count). The maximum Gasteiger partial charge on any atom is 0.254 e. The van der Waals surface area contributed by atoms with Crippen molar-refractivity contribution in [3.8, 4) is 0 Å². The molecule has 0 radical (unpaired) electrons. The molecular formula is C17H33N5O2. The van der Waals surface area contributed by atoms with Crippen molar-refractivity contribution in [1.29, 1.82) is 0 Å². The van der Waals surface area contributed by atoms with Crippen LogP contribution in [0.25, 0.3) is 0 Å². The van der Waals surface area contributed by atoms with Crippen LogP contribution in [-0.4, -0.2) is 40.4 Å². The van der Waals surface area contributed by atoms with E-state index in [9.17, 15) is 0 Å². The number of aliphatic hydroxyl groups is 1. The van der Waals surface area contributed by atoms with E-state index < -0.39 is 0 Å². The Balaban J connectivity index is 2.01.